The smallest absolute Gasteiger partial charge is 0.142 e. The summed E-state index contributed by atoms with van der Waals surface area (Å²) in [5, 5.41) is 25.8. The molecule has 0 saturated heterocycles. The van der Waals surface area contributed by atoms with Crippen LogP contribution in [0.4, 0.5) is 15.8 Å². The van der Waals surface area contributed by atoms with E-state index in [-0.39, 0.29) is 12.4 Å². The van der Waals surface area contributed by atoms with Gasteiger partial charge < -0.3 is 19.9 Å². The van der Waals surface area contributed by atoms with Gasteiger partial charge in [-0.3, -0.25) is 9.36 Å². The van der Waals surface area contributed by atoms with E-state index in [1.165, 1.54) is 12.3 Å². The lowest BCUT2D eigenvalue weighted by molar-refractivity contribution is 0.276. The standard InChI is InChI=1S/C21H19FN6O.C15H18N4/c1-27(8-9-28-13-19(14-29)25-26-28)20-6-3-15(4-7-20)2-5-18-11-16-10-17(22)12-23-21(16)24-18;1-4-13-6-8-15(9-7-13)18(3)10-11-19-12-14(5-2)16-17-19/h3-4,6-7,10-13,29H,8-9,14H2,1H3,(H,23,24);1,6-9,12H,5,10-11H2,2-3H3. The van der Waals surface area contributed by atoms with Crippen LogP contribution >= 0.6 is 0 Å². The number of hydrogen-bond acceptors (Lipinski definition) is 8. The number of pyridine rings is 1. The summed E-state index contributed by atoms with van der Waals surface area (Å²) in [6.45, 7) is 5.08. The van der Waals surface area contributed by atoms with Crippen LogP contribution in [0.2, 0.25) is 0 Å². The normalized spacial score (nSPS) is 10.5. The molecule has 48 heavy (non-hydrogen) atoms. The second-order valence-electron chi connectivity index (χ2n) is 11.1. The maximum atomic E-state index is 13.2. The maximum Gasteiger partial charge on any atom is 0.142 e. The van der Waals surface area contributed by atoms with Gasteiger partial charge in [0.2, 0.25) is 0 Å². The first-order chi connectivity index (χ1) is 23.3. The summed E-state index contributed by atoms with van der Waals surface area (Å²) in [4.78, 5) is 11.4. The Morgan fingerprint density at radius 2 is 1.42 bits per heavy atom. The highest BCUT2D eigenvalue weighted by Crippen LogP contribution is 2.16. The van der Waals surface area contributed by atoms with Crippen molar-refractivity contribution in [2.45, 2.75) is 33.0 Å². The highest BCUT2D eigenvalue weighted by molar-refractivity contribution is 5.77. The van der Waals surface area contributed by atoms with E-state index >= 15 is 0 Å². The van der Waals surface area contributed by atoms with Crippen LogP contribution in [0, 0.1) is 30.0 Å². The molecule has 0 unspecified atom stereocenters. The summed E-state index contributed by atoms with van der Waals surface area (Å²) < 4.78 is 16.8. The van der Waals surface area contributed by atoms with Crippen molar-refractivity contribution in [1.29, 1.82) is 0 Å². The molecule has 0 aliphatic carbocycles. The van der Waals surface area contributed by atoms with Crippen molar-refractivity contribution >= 4 is 22.4 Å². The third kappa shape index (κ3) is 9.06. The van der Waals surface area contributed by atoms with Crippen LogP contribution in [-0.2, 0) is 26.1 Å². The van der Waals surface area contributed by atoms with Gasteiger partial charge in [0.1, 0.15) is 17.2 Å². The molecule has 12 heteroatoms. The minimum atomic E-state index is -0.367. The number of nitrogens with zero attached hydrogens (tertiary/aromatic N) is 9. The molecule has 4 aromatic heterocycles. The van der Waals surface area contributed by atoms with Crippen molar-refractivity contribution in [2.24, 2.45) is 0 Å². The first-order valence-electron chi connectivity index (χ1n) is 15.5. The molecule has 0 amide bonds. The molecule has 2 aromatic carbocycles. The Morgan fingerprint density at radius 1 is 0.833 bits per heavy atom. The zero-order chi connectivity index (χ0) is 33.9. The Bertz CT molecular complexity index is 2030. The summed E-state index contributed by atoms with van der Waals surface area (Å²) in [6.07, 6.45) is 11.2. The van der Waals surface area contributed by atoms with Gasteiger partial charge in [-0.1, -0.05) is 29.2 Å². The number of hydrogen-bond donors (Lipinski definition) is 2. The zero-order valence-electron chi connectivity index (χ0n) is 27.2. The number of benzene rings is 2. The second-order valence-corrected chi connectivity index (χ2v) is 11.1. The number of anilines is 2. The van der Waals surface area contributed by atoms with Gasteiger partial charge in [-0.05, 0) is 73.0 Å². The van der Waals surface area contributed by atoms with Crippen LogP contribution in [0.15, 0.2) is 79.3 Å². The number of nitrogens with one attached hydrogen (secondary N) is 1. The molecule has 0 spiro atoms. The number of halogens is 1. The summed E-state index contributed by atoms with van der Waals surface area (Å²) >= 11 is 0. The van der Waals surface area contributed by atoms with E-state index in [1.54, 1.807) is 16.9 Å². The lowest BCUT2D eigenvalue weighted by atomic mass is 10.2. The summed E-state index contributed by atoms with van der Waals surface area (Å²) in [5.41, 5.74) is 6.89. The number of rotatable bonds is 10. The van der Waals surface area contributed by atoms with E-state index in [1.807, 2.05) is 66.5 Å². The highest BCUT2D eigenvalue weighted by Gasteiger charge is 2.05. The van der Waals surface area contributed by atoms with Gasteiger partial charge in [-0.25, -0.2) is 9.37 Å². The number of fused-ring (bicyclic) bond motifs is 1. The maximum absolute atomic E-state index is 13.2. The van der Waals surface area contributed by atoms with Crippen LogP contribution in [0.5, 0.6) is 0 Å². The van der Waals surface area contributed by atoms with Gasteiger partial charge in [-0.15, -0.1) is 16.6 Å². The number of terminal acetylenes is 1. The average molecular weight is 645 g/mol. The molecule has 6 rings (SSSR count). The molecule has 6 aromatic rings. The van der Waals surface area contributed by atoms with E-state index in [4.69, 9.17) is 11.5 Å². The Hall–Kier alpha value is -5.98. The molecule has 0 atom stereocenters. The summed E-state index contributed by atoms with van der Waals surface area (Å²) in [5.74, 6) is 8.41. The Balaban J connectivity index is 0.000000206. The topological polar surface area (TPSA) is 117 Å². The SMILES string of the molecule is C#Cc1ccc(N(C)CCn2cc(CC)nn2)cc1.CN(CCn1cc(CO)nn1)c1ccc(C#Cc2cc3cc(F)cnc3[nH]2)cc1. The first kappa shape index (κ1) is 33.4. The predicted molar refractivity (Wildman–Crippen MR) is 185 cm³/mol. The molecule has 11 nitrogen and oxygen atoms in total. The van der Waals surface area contributed by atoms with E-state index < -0.39 is 0 Å². The predicted octanol–water partition coefficient (Wildman–Crippen LogP) is 4.28. The molecule has 0 fully saturated rings. The molecule has 244 valence electrons. The van der Waals surface area contributed by atoms with Crippen LogP contribution in [0.25, 0.3) is 11.0 Å². The van der Waals surface area contributed by atoms with Crippen LogP contribution in [-0.4, -0.2) is 72.2 Å². The van der Waals surface area contributed by atoms with E-state index in [0.717, 1.165) is 54.3 Å². The van der Waals surface area contributed by atoms with Crippen molar-refractivity contribution in [3.63, 3.8) is 0 Å². The number of aromatic amines is 1. The molecule has 2 N–H and O–H groups in total. The number of aromatic nitrogens is 8. The van der Waals surface area contributed by atoms with Gasteiger partial charge >= 0.3 is 0 Å². The number of H-pyrrole nitrogens is 1. The fourth-order valence-electron chi connectivity index (χ4n) is 4.70. The average Bonchev–Trinajstić information content (AvgIpc) is 3.89. The van der Waals surface area contributed by atoms with Crippen LogP contribution in [0.3, 0.4) is 0 Å². The lowest BCUT2D eigenvalue weighted by Gasteiger charge is -2.19. The minimum Gasteiger partial charge on any atom is -0.390 e. The highest BCUT2D eigenvalue weighted by atomic mass is 19.1. The van der Waals surface area contributed by atoms with Crippen molar-refractivity contribution in [1.82, 2.24) is 40.0 Å². The molecule has 0 aliphatic rings. The fraction of sp³-hybridized carbons (Fsp3) is 0.250. The molecule has 0 bridgehead atoms. The van der Waals surface area contributed by atoms with Crippen LogP contribution < -0.4 is 9.80 Å². The minimum absolute atomic E-state index is 0.107. The lowest BCUT2D eigenvalue weighted by Crippen LogP contribution is -2.22. The number of likely N-dealkylation sites (N-methyl/N-ethyl adjacent to an activating group) is 2. The molecular weight excluding hydrogens is 607 g/mol. The van der Waals surface area contributed by atoms with E-state index in [9.17, 15) is 4.39 Å². The molecule has 0 saturated carbocycles. The van der Waals surface area contributed by atoms with Crippen molar-refractivity contribution in [2.75, 3.05) is 37.0 Å². The molecular formula is C36H37FN10O. The van der Waals surface area contributed by atoms with Crippen molar-refractivity contribution in [3.05, 3.63) is 113 Å². The van der Waals surface area contributed by atoms with Crippen LogP contribution in [0.1, 0.15) is 35.1 Å². The summed E-state index contributed by atoms with van der Waals surface area (Å²) in [7, 11) is 4.06. The van der Waals surface area contributed by atoms with Gasteiger partial charge in [0, 0.05) is 61.3 Å². The number of aryl methyl sites for hydroxylation is 1. The van der Waals surface area contributed by atoms with Gasteiger partial charge in [0.25, 0.3) is 0 Å². The van der Waals surface area contributed by atoms with E-state index in [0.29, 0.717) is 29.0 Å². The quantitative estimate of drug-likeness (QED) is 0.213. The van der Waals surface area contributed by atoms with Gasteiger partial charge in [0.05, 0.1) is 43.5 Å². The van der Waals surface area contributed by atoms with Crippen molar-refractivity contribution < 1.29 is 9.50 Å². The fourth-order valence-corrected chi connectivity index (χ4v) is 4.70. The van der Waals surface area contributed by atoms with Crippen molar-refractivity contribution in [3.8, 4) is 24.2 Å². The second kappa shape index (κ2) is 16.0. The zero-order valence-corrected chi connectivity index (χ0v) is 27.2. The first-order valence-corrected chi connectivity index (χ1v) is 15.5. The summed E-state index contributed by atoms with van der Waals surface area (Å²) in [6, 6.07) is 19.1. The molecule has 0 aliphatic heterocycles. The monoisotopic (exact) mass is 644 g/mol. The van der Waals surface area contributed by atoms with Gasteiger partial charge in [0.15, 0.2) is 0 Å². The number of aliphatic hydroxyl groups excluding tert-OH is 1. The third-order valence-electron chi connectivity index (χ3n) is 7.59. The number of aliphatic hydroxyl groups is 1. The third-order valence-corrected chi connectivity index (χ3v) is 7.59. The van der Waals surface area contributed by atoms with Gasteiger partial charge in [-0.2, -0.15) is 0 Å². The Morgan fingerprint density at radius 3 is 1.96 bits per heavy atom. The molecule has 0 radical (unpaired) electrons. The largest absolute Gasteiger partial charge is 0.390 e. The Labute approximate surface area is 279 Å². The Kier molecular flexibility index (Phi) is 11.1. The van der Waals surface area contributed by atoms with E-state index in [2.05, 4.69) is 72.1 Å². The molecule has 4 heterocycles.